The summed E-state index contributed by atoms with van der Waals surface area (Å²) in [6.45, 7) is 3.95. The number of nitrogens with zero attached hydrogens (tertiary/aromatic N) is 2. The predicted molar refractivity (Wildman–Crippen MR) is 90.0 cm³/mol. The standard InChI is InChI=1S/C14H16Br2ClN3/c1-8-13(16)12(20(3)19-8)7-14(2,18)10-5-4-9(15)6-11(10)17/h4-6H,7,18H2,1-3H3. The van der Waals surface area contributed by atoms with Crippen LogP contribution >= 0.6 is 43.5 Å². The zero-order valence-corrected chi connectivity index (χ0v) is 15.5. The van der Waals surface area contributed by atoms with Crippen molar-refractivity contribution in [1.82, 2.24) is 9.78 Å². The van der Waals surface area contributed by atoms with Crippen molar-refractivity contribution < 1.29 is 0 Å². The molecule has 0 aliphatic carbocycles. The van der Waals surface area contributed by atoms with Gasteiger partial charge in [0.1, 0.15) is 0 Å². The number of aromatic nitrogens is 2. The van der Waals surface area contributed by atoms with Gasteiger partial charge in [-0.25, -0.2) is 0 Å². The average molecular weight is 422 g/mol. The van der Waals surface area contributed by atoms with Gasteiger partial charge in [0.05, 0.1) is 15.9 Å². The number of rotatable bonds is 3. The lowest BCUT2D eigenvalue weighted by atomic mass is 9.88. The summed E-state index contributed by atoms with van der Waals surface area (Å²) in [5.74, 6) is 0. The van der Waals surface area contributed by atoms with Crippen molar-refractivity contribution in [2.75, 3.05) is 0 Å². The Hall–Kier alpha value is -0.360. The van der Waals surface area contributed by atoms with Gasteiger partial charge in [0.2, 0.25) is 0 Å². The van der Waals surface area contributed by atoms with Crippen LogP contribution < -0.4 is 5.73 Å². The molecule has 2 rings (SSSR count). The van der Waals surface area contributed by atoms with Crippen LogP contribution in [0.2, 0.25) is 5.02 Å². The highest BCUT2D eigenvalue weighted by atomic mass is 79.9. The van der Waals surface area contributed by atoms with E-state index in [1.807, 2.05) is 43.8 Å². The molecular formula is C14H16Br2ClN3. The quantitative estimate of drug-likeness (QED) is 0.802. The molecule has 0 spiro atoms. The Morgan fingerprint density at radius 2 is 2.05 bits per heavy atom. The first-order chi connectivity index (χ1) is 9.22. The van der Waals surface area contributed by atoms with Crippen molar-refractivity contribution in [3.8, 4) is 0 Å². The number of hydrogen-bond acceptors (Lipinski definition) is 2. The smallest absolute Gasteiger partial charge is 0.0738 e. The molecule has 1 heterocycles. The molecule has 0 saturated carbocycles. The van der Waals surface area contributed by atoms with Gasteiger partial charge in [0.15, 0.2) is 0 Å². The summed E-state index contributed by atoms with van der Waals surface area (Å²) in [4.78, 5) is 0. The number of benzene rings is 1. The van der Waals surface area contributed by atoms with E-state index in [0.717, 1.165) is 25.9 Å². The minimum atomic E-state index is -0.569. The molecule has 0 saturated heterocycles. The van der Waals surface area contributed by atoms with Gasteiger partial charge in [-0.1, -0.05) is 33.6 Å². The Balaban J connectivity index is 2.40. The first-order valence-electron chi connectivity index (χ1n) is 6.15. The second-order valence-corrected chi connectivity index (χ2v) is 7.30. The molecule has 2 aromatic rings. The third kappa shape index (κ3) is 3.11. The first kappa shape index (κ1) is 16.0. The second-order valence-electron chi connectivity index (χ2n) is 5.19. The lowest BCUT2D eigenvalue weighted by Gasteiger charge is -2.26. The van der Waals surface area contributed by atoms with Crippen LogP contribution in [0.15, 0.2) is 27.1 Å². The molecule has 1 aromatic heterocycles. The molecule has 0 fully saturated rings. The number of hydrogen-bond donors (Lipinski definition) is 1. The van der Waals surface area contributed by atoms with Gasteiger partial charge >= 0.3 is 0 Å². The number of halogens is 3. The summed E-state index contributed by atoms with van der Waals surface area (Å²) in [6, 6.07) is 5.78. The predicted octanol–water partition coefficient (Wildman–Crippen LogP) is 4.32. The fourth-order valence-corrected chi connectivity index (χ4v) is 3.63. The van der Waals surface area contributed by atoms with E-state index in [1.165, 1.54) is 0 Å². The van der Waals surface area contributed by atoms with Crippen LogP contribution in [-0.4, -0.2) is 9.78 Å². The molecule has 0 aliphatic heterocycles. The normalized spacial score (nSPS) is 14.3. The summed E-state index contributed by atoms with van der Waals surface area (Å²) in [7, 11) is 1.92. The Morgan fingerprint density at radius 1 is 1.40 bits per heavy atom. The van der Waals surface area contributed by atoms with Crippen LogP contribution in [0.5, 0.6) is 0 Å². The van der Waals surface area contributed by atoms with E-state index in [9.17, 15) is 0 Å². The maximum absolute atomic E-state index is 6.51. The Labute approximate surface area is 140 Å². The van der Waals surface area contributed by atoms with Crippen LogP contribution in [0.4, 0.5) is 0 Å². The monoisotopic (exact) mass is 419 g/mol. The van der Waals surface area contributed by atoms with E-state index in [4.69, 9.17) is 17.3 Å². The van der Waals surface area contributed by atoms with E-state index < -0.39 is 5.54 Å². The molecule has 0 amide bonds. The topological polar surface area (TPSA) is 43.8 Å². The zero-order chi connectivity index (χ0) is 15.1. The fraction of sp³-hybridized carbons (Fsp3) is 0.357. The lowest BCUT2D eigenvalue weighted by Crippen LogP contribution is -2.36. The molecule has 20 heavy (non-hydrogen) atoms. The van der Waals surface area contributed by atoms with E-state index in [0.29, 0.717) is 11.4 Å². The SMILES string of the molecule is Cc1nn(C)c(CC(C)(N)c2ccc(Br)cc2Cl)c1Br. The molecule has 0 bridgehead atoms. The average Bonchev–Trinajstić information content (AvgIpc) is 2.55. The van der Waals surface area contributed by atoms with Gasteiger partial charge < -0.3 is 5.73 Å². The molecule has 1 aromatic carbocycles. The summed E-state index contributed by atoms with van der Waals surface area (Å²) >= 11 is 13.3. The molecule has 0 radical (unpaired) electrons. The van der Waals surface area contributed by atoms with Crippen molar-refractivity contribution in [3.63, 3.8) is 0 Å². The molecule has 1 atom stereocenters. The minimum absolute atomic E-state index is 0.569. The third-order valence-corrected chi connectivity index (χ3v) is 5.18. The summed E-state index contributed by atoms with van der Waals surface area (Å²) in [5, 5.41) is 5.06. The highest BCUT2D eigenvalue weighted by molar-refractivity contribution is 9.10. The second kappa shape index (κ2) is 5.79. The highest BCUT2D eigenvalue weighted by Crippen LogP contribution is 2.33. The van der Waals surface area contributed by atoms with E-state index in [1.54, 1.807) is 0 Å². The van der Waals surface area contributed by atoms with Crippen LogP contribution in [-0.2, 0) is 19.0 Å². The van der Waals surface area contributed by atoms with Crippen molar-refractivity contribution in [3.05, 3.63) is 49.1 Å². The van der Waals surface area contributed by atoms with Crippen LogP contribution in [0.1, 0.15) is 23.9 Å². The van der Waals surface area contributed by atoms with E-state index >= 15 is 0 Å². The summed E-state index contributed by atoms with van der Waals surface area (Å²) < 4.78 is 3.81. The number of nitrogens with two attached hydrogens (primary N) is 1. The van der Waals surface area contributed by atoms with Crippen molar-refractivity contribution in [1.29, 1.82) is 0 Å². The van der Waals surface area contributed by atoms with Gasteiger partial charge in [-0.3, -0.25) is 4.68 Å². The van der Waals surface area contributed by atoms with E-state index in [-0.39, 0.29) is 0 Å². The third-order valence-electron chi connectivity index (χ3n) is 3.34. The van der Waals surface area contributed by atoms with Gasteiger partial charge in [-0.15, -0.1) is 0 Å². The Morgan fingerprint density at radius 3 is 2.55 bits per heavy atom. The lowest BCUT2D eigenvalue weighted by molar-refractivity contribution is 0.471. The van der Waals surface area contributed by atoms with Crippen LogP contribution in [0.3, 0.4) is 0 Å². The summed E-state index contributed by atoms with van der Waals surface area (Å²) in [5.41, 5.74) is 8.88. The molecule has 6 heteroatoms. The molecular weight excluding hydrogens is 405 g/mol. The molecule has 108 valence electrons. The molecule has 1 unspecified atom stereocenters. The molecule has 3 nitrogen and oxygen atoms in total. The van der Waals surface area contributed by atoms with Crippen LogP contribution in [0.25, 0.3) is 0 Å². The fourth-order valence-electron chi connectivity index (χ4n) is 2.27. The molecule has 0 aliphatic rings. The highest BCUT2D eigenvalue weighted by Gasteiger charge is 2.27. The van der Waals surface area contributed by atoms with Crippen molar-refractivity contribution in [2.45, 2.75) is 25.8 Å². The van der Waals surface area contributed by atoms with Gasteiger partial charge in [0.25, 0.3) is 0 Å². The maximum atomic E-state index is 6.51. The Kier molecular flexibility index (Phi) is 4.64. The van der Waals surface area contributed by atoms with Crippen molar-refractivity contribution >= 4 is 43.5 Å². The summed E-state index contributed by atoms with van der Waals surface area (Å²) in [6.07, 6.45) is 0.645. The first-order valence-corrected chi connectivity index (χ1v) is 8.11. The van der Waals surface area contributed by atoms with E-state index in [2.05, 4.69) is 37.0 Å². The number of aryl methyl sites for hydroxylation is 2. The minimum Gasteiger partial charge on any atom is -0.321 e. The van der Waals surface area contributed by atoms with Gasteiger partial charge in [0, 0.05) is 28.5 Å². The van der Waals surface area contributed by atoms with Crippen LogP contribution in [0, 0.1) is 6.92 Å². The zero-order valence-electron chi connectivity index (χ0n) is 11.5. The maximum Gasteiger partial charge on any atom is 0.0738 e. The van der Waals surface area contributed by atoms with Crippen molar-refractivity contribution in [2.24, 2.45) is 12.8 Å². The van der Waals surface area contributed by atoms with Gasteiger partial charge in [-0.2, -0.15) is 5.10 Å². The largest absolute Gasteiger partial charge is 0.321 e. The van der Waals surface area contributed by atoms with Gasteiger partial charge in [-0.05, 0) is 47.5 Å². The molecule has 2 N–H and O–H groups in total. The Bertz CT molecular complexity index is 650.